The summed E-state index contributed by atoms with van der Waals surface area (Å²) in [7, 11) is 0. The molecule has 0 aromatic rings. The molecule has 1 aliphatic heterocycles. The first-order chi connectivity index (χ1) is 7.40. The Labute approximate surface area is 96.6 Å². The zero-order valence-corrected chi connectivity index (χ0v) is 10.3. The second-order valence-corrected chi connectivity index (χ2v) is 5.99. The minimum Gasteiger partial charge on any atom is -0.444 e. The lowest BCUT2D eigenvalue weighted by atomic mass is 9.67. The summed E-state index contributed by atoms with van der Waals surface area (Å²) < 4.78 is 5.34. The van der Waals surface area contributed by atoms with E-state index in [1.807, 2.05) is 20.8 Å². The molecule has 4 nitrogen and oxygen atoms in total. The molecular formula is C12H21NO3. The molecule has 1 saturated heterocycles. The molecule has 1 amide bonds. The third-order valence-electron chi connectivity index (χ3n) is 3.59. The third kappa shape index (κ3) is 2.17. The van der Waals surface area contributed by atoms with Gasteiger partial charge in [-0.05, 0) is 44.9 Å². The van der Waals surface area contributed by atoms with Crippen molar-refractivity contribution in [2.75, 3.05) is 19.7 Å². The molecule has 2 aliphatic rings. The molecule has 4 heteroatoms. The van der Waals surface area contributed by atoms with Gasteiger partial charge >= 0.3 is 6.09 Å². The van der Waals surface area contributed by atoms with Crippen LogP contribution in [0, 0.1) is 17.8 Å². The summed E-state index contributed by atoms with van der Waals surface area (Å²) in [5.41, 5.74) is -0.422. The summed E-state index contributed by atoms with van der Waals surface area (Å²) in [6, 6.07) is 0. The van der Waals surface area contributed by atoms with Crippen LogP contribution in [0.4, 0.5) is 4.79 Å². The van der Waals surface area contributed by atoms with Gasteiger partial charge in [0, 0.05) is 19.7 Å². The van der Waals surface area contributed by atoms with E-state index >= 15 is 0 Å². The van der Waals surface area contributed by atoms with Gasteiger partial charge in [0.05, 0.1) is 0 Å². The lowest BCUT2D eigenvalue weighted by molar-refractivity contribution is 0.0283. The molecule has 3 atom stereocenters. The van der Waals surface area contributed by atoms with E-state index < -0.39 is 5.60 Å². The van der Waals surface area contributed by atoms with Crippen LogP contribution in [0.1, 0.15) is 27.2 Å². The van der Waals surface area contributed by atoms with Crippen LogP contribution >= 0.6 is 0 Å². The van der Waals surface area contributed by atoms with E-state index in [2.05, 4.69) is 0 Å². The Morgan fingerprint density at radius 3 is 2.69 bits per heavy atom. The highest BCUT2D eigenvalue weighted by Gasteiger charge is 2.48. The van der Waals surface area contributed by atoms with Gasteiger partial charge in [-0.25, -0.2) is 4.79 Å². The smallest absolute Gasteiger partial charge is 0.410 e. The van der Waals surface area contributed by atoms with E-state index in [-0.39, 0.29) is 12.7 Å². The van der Waals surface area contributed by atoms with Crippen LogP contribution in [0.15, 0.2) is 0 Å². The Morgan fingerprint density at radius 1 is 1.44 bits per heavy atom. The van der Waals surface area contributed by atoms with Crippen LogP contribution in [-0.4, -0.2) is 41.4 Å². The van der Waals surface area contributed by atoms with E-state index in [0.29, 0.717) is 17.8 Å². The zero-order chi connectivity index (χ0) is 11.9. The fraction of sp³-hybridized carbons (Fsp3) is 0.917. The number of hydrogen-bond donors (Lipinski definition) is 1. The zero-order valence-electron chi connectivity index (χ0n) is 10.3. The molecule has 2 fully saturated rings. The molecule has 16 heavy (non-hydrogen) atoms. The van der Waals surface area contributed by atoms with E-state index in [9.17, 15) is 4.79 Å². The largest absolute Gasteiger partial charge is 0.444 e. The first-order valence-electron chi connectivity index (χ1n) is 5.99. The third-order valence-corrected chi connectivity index (χ3v) is 3.59. The van der Waals surface area contributed by atoms with Crippen molar-refractivity contribution < 1.29 is 14.6 Å². The average Bonchev–Trinajstić information content (AvgIpc) is 2.43. The van der Waals surface area contributed by atoms with Gasteiger partial charge in [-0.2, -0.15) is 0 Å². The summed E-state index contributed by atoms with van der Waals surface area (Å²) >= 11 is 0. The summed E-state index contributed by atoms with van der Waals surface area (Å²) in [5.74, 6) is 1.49. The second-order valence-electron chi connectivity index (χ2n) is 5.99. The Kier molecular flexibility index (Phi) is 2.86. The van der Waals surface area contributed by atoms with Gasteiger partial charge in [0.25, 0.3) is 0 Å². The summed E-state index contributed by atoms with van der Waals surface area (Å²) in [4.78, 5) is 13.6. The van der Waals surface area contributed by atoms with Crippen molar-refractivity contribution in [3.05, 3.63) is 0 Å². The monoisotopic (exact) mass is 227 g/mol. The quantitative estimate of drug-likeness (QED) is 0.738. The maximum absolute atomic E-state index is 11.8. The molecule has 1 aliphatic carbocycles. The standard InChI is InChI=1S/C12H21NO3/c1-12(2,3)16-11(15)13-5-8-4-9(7-14)10(8)6-13/h8-10,14H,4-7H2,1-3H3/t8-,9-,10+/m0/s1. The van der Waals surface area contributed by atoms with Crippen LogP contribution in [-0.2, 0) is 4.74 Å². The minimum atomic E-state index is -0.422. The minimum absolute atomic E-state index is 0.210. The fourth-order valence-corrected chi connectivity index (χ4v) is 2.73. The number of rotatable bonds is 1. The van der Waals surface area contributed by atoms with Crippen molar-refractivity contribution in [2.45, 2.75) is 32.8 Å². The van der Waals surface area contributed by atoms with Crippen LogP contribution in [0.2, 0.25) is 0 Å². The van der Waals surface area contributed by atoms with Gasteiger partial charge in [-0.15, -0.1) is 0 Å². The highest BCUT2D eigenvalue weighted by atomic mass is 16.6. The Bertz CT molecular complexity index is 284. The molecule has 1 heterocycles. The van der Waals surface area contributed by atoms with Crippen molar-refractivity contribution in [3.63, 3.8) is 0 Å². The van der Waals surface area contributed by atoms with E-state index in [4.69, 9.17) is 9.84 Å². The lowest BCUT2D eigenvalue weighted by Crippen LogP contribution is -2.37. The highest BCUT2D eigenvalue weighted by molar-refractivity contribution is 5.68. The van der Waals surface area contributed by atoms with Gasteiger partial charge in [-0.3, -0.25) is 0 Å². The van der Waals surface area contributed by atoms with E-state index in [1.165, 1.54) is 0 Å². The number of likely N-dealkylation sites (tertiary alicyclic amines) is 1. The van der Waals surface area contributed by atoms with E-state index in [1.54, 1.807) is 4.90 Å². The van der Waals surface area contributed by atoms with Crippen LogP contribution in [0.3, 0.4) is 0 Å². The highest BCUT2D eigenvalue weighted by Crippen LogP contribution is 2.45. The molecule has 0 aromatic heterocycles. The van der Waals surface area contributed by atoms with Gasteiger partial charge in [-0.1, -0.05) is 0 Å². The summed E-state index contributed by atoms with van der Waals surface area (Å²) in [6.45, 7) is 7.45. The number of ether oxygens (including phenoxy) is 1. The number of aliphatic hydroxyl groups is 1. The van der Waals surface area contributed by atoms with Crippen molar-refractivity contribution in [1.29, 1.82) is 0 Å². The predicted molar refractivity (Wildman–Crippen MR) is 60.0 cm³/mol. The summed E-state index contributed by atoms with van der Waals surface area (Å²) in [6.07, 6.45) is 0.846. The first kappa shape index (κ1) is 11.7. The van der Waals surface area contributed by atoms with Crippen LogP contribution in [0.5, 0.6) is 0 Å². The number of carbonyl (C=O) groups excluding carboxylic acids is 1. The number of carbonyl (C=O) groups is 1. The maximum Gasteiger partial charge on any atom is 0.410 e. The number of amides is 1. The Hall–Kier alpha value is -0.770. The fourth-order valence-electron chi connectivity index (χ4n) is 2.73. The van der Waals surface area contributed by atoms with Gasteiger partial charge < -0.3 is 14.7 Å². The predicted octanol–water partition coefficient (Wildman–Crippen LogP) is 1.48. The van der Waals surface area contributed by atoms with Crippen molar-refractivity contribution in [1.82, 2.24) is 4.90 Å². The molecule has 0 aromatic carbocycles. The van der Waals surface area contributed by atoms with Crippen molar-refractivity contribution in [2.24, 2.45) is 17.8 Å². The van der Waals surface area contributed by atoms with Crippen molar-refractivity contribution >= 4 is 6.09 Å². The molecule has 0 bridgehead atoms. The number of fused-ring (bicyclic) bond motifs is 1. The Morgan fingerprint density at radius 2 is 2.12 bits per heavy atom. The van der Waals surface area contributed by atoms with Crippen molar-refractivity contribution in [3.8, 4) is 0 Å². The first-order valence-corrected chi connectivity index (χ1v) is 5.99. The van der Waals surface area contributed by atoms with Gasteiger partial charge in [0.15, 0.2) is 0 Å². The number of hydrogen-bond acceptors (Lipinski definition) is 3. The lowest BCUT2D eigenvalue weighted by Gasteiger charge is -2.37. The molecule has 0 spiro atoms. The Balaban J connectivity index is 1.87. The molecule has 1 saturated carbocycles. The molecule has 0 radical (unpaired) electrons. The normalized spacial score (nSPS) is 33.2. The molecule has 2 rings (SSSR count). The molecule has 92 valence electrons. The molecule has 0 unspecified atom stereocenters. The number of nitrogens with zero attached hydrogens (tertiary/aromatic N) is 1. The SMILES string of the molecule is CC(C)(C)OC(=O)N1C[C@@H]2C[C@@H](CO)[C@@H]2C1. The van der Waals surface area contributed by atoms with E-state index in [0.717, 1.165) is 19.5 Å². The number of aliphatic hydroxyl groups excluding tert-OH is 1. The summed E-state index contributed by atoms with van der Waals surface area (Å²) in [5, 5.41) is 9.11. The van der Waals surface area contributed by atoms with Gasteiger partial charge in [0.2, 0.25) is 0 Å². The van der Waals surface area contributed by atoms with Crippen LogP contribution in [0.25, 0.3) is 0 Å². The maximum atomic E-state index is 11.8. The molecule has 1 N–H and O–H groups in total. The second kappa shape index (κ2) is 3.91. The molecular weight excluding hydrogens is 206 g/mol. The topological polar surface area (TPSA) is 49.8 Å². The van der Waals surface area contributed by atoms with Gasteiger partial charge in [0.1, 0.15) is 5.60 Å². The average molecular weight is 227 g/mol. The van der Waals surface area contributed by atoms with Crippen LogP contribution < -0.4 is 0 Å².